The average Bonchev–Trinajstić information content (AvgIpc) is 2.81. The Morgan fingerprint density at radius 1 is 1.14 bits per heavy atom. The first kappa shape index (κ1) is 13.9. The van der Waals surface area contributed by atoms with Crippen LogP contribution in [-0.2, 0) is 11.5 Å². The highest BCUT2D eigenvalue weighted by atomic mass is 35.5. The molecule has 0 saturated carbocycles. The number of alkyl halides is 1. The maximum Gasteiger partial charge on any atom is 0.270 e. The third-order valence-electron chi connectivity index (χ3n) is 3.41. The number of benzene rings is 2. The number of rotatable bonds is 5. The van der Waals surface area contributed by atoms with Gasteiger partial charge in [0.05, 0.1) is 22.6 Å². The Kier molecular flexibility index (Phi) is 3.77. The first-order valence-electron chi connectivity index (χ1n) is 6.51. The van der Waals surface area contributed by atoms with Gasteiger partial charge in [-0.25, -0.2) is 0 Å². The van der Waals surface area contributed by atoms with Crippen molar-refractivity contribution in [3.8, 4) is 0 Å². The monoisotopic (exact) mass is 304 g/mol. The molecule has 0 amide bonds. The summed E-state index contributed by atoms with van der Waals surface area (Å²) in [5, 5.41) is 12.8. The normalized spacial score (nSPS) is 11.3. The van der Waals surface area contributed by atoms with E-state index in [1.54, 1.807) is 12.1 Å². The number of nitrogens with zero attached hydrogens (tertiary/aromatic N) is 2. The van der Waals surface area contributed by atoms with Crippen LogP contribution in [0.1, 0.15) is 0 Å². The summed E-state index contributed by atoms with van der Waals surface area (Å²) in [7, 11) is 0. The highest BCUT2D eigenvalue weighted by Gasteiger charge is 2.14. The first-order chi connectivity index (χ1) is 10.2. The maximum absolute atomic E-state index is 11.0. The fourth-order valence-electron chi connectivity index (χ4n) is 2.50. The van der Waals surface area contributed by atoms with Crippen molar-refractivity contribution in [1.29, 1.82) is 0 Å². The van der Waals surface area contributed by atoms with Gasteiger partial charge in [0.2, 0.25) is 0 Å². The van der Waals surface area contributed by atoms with Gasteiger partial charge in [-0.05, 0) is 12.1 Å². The summed E-state index contributed by atoms with van der Waals surface area (Å²) in [4.78, 5) is 10.6. The van der Waals surface area contributed by atoms with Crippen molar-refractivity contribution in [1.82, 2.24) is 4.57 Å². The van der Waals surface area contributed by atoms with Crippen LogP contribution in [0, 0.1) is 10.1 Å². The molecule has 0 bridgehead atoms. The van der Waals surface area contributed by atoms with Crippen molar-refractivity contribution in [2.24, 2.45) is 0 Å². The second-order valence-corrected chi connectivity index (χ2v) is 5.01. The topological polar surface area (TPSA) is 57.3 Å². The van der Waals surface area contributed by atoms with Crippen LogP contribution < -0.4 is 0 Å². The van der Waals surface area contributed by atoms with Gasteiger partial charge in [0, 0.05) is 28.8 Å². The van der Waals surface area contributed by atoms with Crippen LogP contribution >= 0.6 is 11.6 Å². The summed E-state index contributed by atoms with van der Waals surface area (Å²) in [6.07, 6.45) is 0. The highest BCUT2D eigenvalue weighted by Crippen LogP contribution is 2.31. The number of non-ortho nitro benzene ring substituents is 1. The summed E-state index contributed by atoms with van der Waals surface area (Å²) in [6.45, 7) is 0.830. The molecular weight excluding hydrogens is 292 g/mol. The summed E-state index contributed by atoms with van der Waals surface area (Å²) < 4.78 is 7.52. The lowest BCUT2D eigenvalue weighted by Gasteiger charge is -2.07. The van der Waals surface area contributed by atoms with Gasteiger partial charge in [-0.1, -0.05) is 18.2 Å². The Balaban J connectivity index is 2.21. The van der Waals surface area contributed by atoms with E-state index in [-0.39, 0.29) is 10.6 Å². The second kappa shape index (κ2) is 5.71. The number of nitro benzene ring substituents is 1. The Bertz CT molecular complexity index is 813. The molecular formula is C15H13ClN2O3. The number of aromatic nitrogens is 1. The van der Waals surface area contributed by atoms with Gasteiger partial charge in [-0.15, -0.1) is 11.6 Å². The van der Waals surface area contributed by atoms with Crippen molar-refractivity contribution in [2.75, 3.05) is 12.5 Å². The number of fused-ring (bicyclic) bond motifs is 3. The molecule has 5 nitrogen and oxygen atoms in total. The quantitative estimate of drug-likeness (QED) is 0.311. The summed E-state index contributed by atoms with van der Waals surface area (Å²) in [6, 6.07) is 12.7. The molecule has 6 heteroatoms. The minimum atomic E-state index is -0.379. The van der Waals surface area contributed by atoms with E-state index in [1.807, 2.05) is 28.8 Å². The maximum atomic E-state index is 11.0. The molecule has 0 fully saturated rings. The molecule has 21 heavy (non-hydrogen) atoms. The number of nitro groups is 1. The molecule has 0 atom stereocenters. The fourth-order valence-corrected chi connectivity index (χ4v) is 2.61. The minimum Gasteiger partial charge on any atom is -0.360 e. The average molecular weight is 305 g/mol. The van der Waals surface area contributed by atoms with E-state index < -0.39 is 0 Å². The van der Waals surface area contributed by atoms with Gasteiger partial charge in [0.25, 0.3) is 5.69 Å². The lowest BCUT2D eigenvalue weighted by atomic mass is 10.1. The molecule has 3 aromatic rings. The van der Waals surface area contributed by atoms with Crippen molar-refractivity contribution < 1.29 is 9.66 Å². The van der Waals surface area contributed by atoms with Crippen LogP contribution in [0.3, 0.4) is 0 Å². The molecule has 0 saturated heterocycles. The molecule has 0 aliphatic carbocycles. The second-order valence-electron chi connectivity index (χ2n) is 4.63. The molecule has 1 heterocycles. The molecule has 2 aromatic carbocycles. The van der Waals surface area contributed by atoms with Crippen LogP contribution in [0.5, 0.6) is 0 Å². The standard InChI is InChI=1S/C15H13ClN2O3/c16-7-8-21-10-17-14-4-2-1-3-12(14)13-9-11(18(19)20)5-6-15(13)17/h1-6,9H,7-8,10H2. The lowest BCUT2D eigenvalue weighted by Crippen LogP contribution is -2.04. The smallest absolute Gasteiger partial charge is 0.270 e. The van der Waals surface area contributed by atoms with E-state index in [0.717, 1.165) is 21.8 Å². The molecule has 1 aromatic heterocycles. The van der Waals surface area contributed by atoms with Crippen molar-refractivity contribution in [2.45, 2.75) is 6.73 Å². The third-order valence-corrected chi connectivity index (χ3v) is 3.56. The first-order valence-corrected chi connectivity index (χ1v) is 7.05. The number of para-hydroxylation sites is 1. The van der Waals surface area contributed by atoms with E-state index in [2.05, 4.69) is 0 Å². The molecule has 0 spiro atoms. The van der Waals surface area contributed by atoms with E-state index >= 15 is 0 Å². The van der Waals surface area contributed by atoms with Crippen LogP contribution in [0.2, 0.25) is 0 Å². The summed E-state index contributed by atoms with van der Waals surface area (Å²) in [5.41, 5.74) is 1.99. The summed E-state index contributed by atoms with van der Waals surface area (Å²) >= 11 is 5.62. The molecule has 0 unspecified atom stereocenters. The fraction of sp³-hybridized carbons (Fsp3) is 0.200. The number of hydrogen-bond acceptors (Lipinski definition) is 3. The Morgan fingerprint density at radius 3 is 2.67 bits per heavy atom. The Hall–Kier alpha value is -2.11. The zero-order chi connectivity index (χ0) is 14.8. The number of halogens is 1. The van der Waals surface area contributed by atoms with Gasteiger partial charge in [0.1, 0.15) is 6.73 Å². The zero-order valence-corrected chi connectivity index (χ0v) is 11.9. The van der Waals surface area contributed by atoms with Gasteiger partial charge < -0.3 is 9.30 Å². The molecule has 108 valence electrons. The van der Waals surface area contributed by atoms with Crippen molar-refractivity contribution in [3.63, 3.8) is 0 Å². The minimum absolute atomic E-state index is 0.0899. The van der Waals surface area contributed by atoms with Crippen LogP contribution in [-0.4, -0.2) is 22.0 Å². The van der Waals surface area contributed by atoms with Crippen molar-refractivity contribution >= 4 is 39.1 Å². The zero-order valence-electron chi connectivity index (χ0n) is 11.2. The van der Waals surface area contributed by atoms with E-state index in [1.165, 1.54) is 6.07 Å². The van der Waals surface area contributed by atoms with Gasteiger partial charge in [-0.2, -0.15) is 0 Å². The Labute approximate surface area is 125 Å². The van der Waals surface area contributed by atoms with Gasteiger partial charge in [-0.3, -0.25) is 10.1 Å². The highest BCUT2D eigenvalue weighted by molar-refractivity contribution is 6.18. The molecule has 0 radical (unpaired) electrons. The number of ether oxygens (including phenoxy) is 1. The third kappa shape index (κ3) is 2.46. The molecule has 0 aliphatic rings. The van der Waals surface area contributed by atoms with Gasteiger partial charge in [0.15, 0.2) is 0 Å². The molecule has 3 rings (SSSR count). The van der Waals surface area contributed by atoms with Crippen LogP contribution in [0.15, 0.2) is 42.5 Å². The Morgan fingerprint density at radius 2 is 1.90 bits per heavy atom. The largest absolute Gasteiger partial charge is 0.360 e. The van der Waals surface area contributed by atoms with Crippen LogP contribution in [0.25, 0.3) is 21.8 Å². The molecule has 0 N–H and O–H groups in total. The van der Waals surface area contributed by atoms with Gasteiger partial charge >= 0.3 is 0 Å². The predicted molar refractivity (Wildman–Crippen MR) is 82.8 cm³/mol. The predicted octanol–water partition coefficient (Wildman–Crippen LogP) is 3.92. The molecule has 0 aliphatic heterocycles. The number of hydrogen-bond donors (Lipinski definition) is 0. The van der Waals surface area contributed by atoms with E-state index in [9.17, 15) is 10.1 Å². The SMILES string of the molecule is O=[N+]([O-])c1ccc2c(c1)c1ccccc1n2COCCCl. The van der Waals surface area contributed by atoms with E-state index in [4.69, 9.17) is 16.3 Å². The van der Waals surface area contributed by atoms with E-state index in [0.29, 0.717) is 19.2 Å². The van der Waals surface area contributed by atoms with Crippen LogP contribution in [0.4, 0.5) is 5.69 Å². The van der Waals surface area contributed by atoms with Crippen molar-refractivity contribution in [3.05, 3.63) is 52.6 Å². The lowest BCUT2D eigenvalue weighted by molar-refractivity contribution is -0.384. The summed E-state index contributed by atoms with van der Waals surface area (Å²) in [5.74, 6) is 0.433.